The summed E-state index contributed by atoms with van der Waals surface area (Å²) in [6.07, 6.45) is 27.4. The van der Waals surface area contributed by atoms with Crippen molar-refractivity contribution >= 4 is 67.1 Å². The molecule has 1 fully saturated rings. The molecule has 69 heavy (non-hydrogen) atoms. The lowest BCUT2D eigenvalue weighted by Gasteiger charge is -2.24. The van der Waals surface area contributed by atoms with Crippen LogP contribution in [-0.2, 0) is 17.3 Å². The van der Waals surface area contributed by atoms with Crippen LogP contribution >= 0.6 is 32.7 Å². The van der Waals surface area contributed by atoms with Crippen LogP contribution < -0.4 is 10.6 Å². The van der Waals surface area contributed by atoms with Crippen molar-refractivity contribution < 1.29 is 4.58 Å². The fraction of sp³-hybridized carbons (Fsp3) is 0.435. The van der Waals surface area contributed by atoms with E-state index in [1.54, 1.807) is 0 Å². The summed E-state index contributed by atoms with van der Waals surface area (Å²) >= 11 is 1.95. The molecule has 0 saturated carbocycles. The summed E-state index contributed by atoms with van der Waals surface area (Å²) in [5, 5.41) is 7.45. The van der Waals surface area contributed by atoms with Crippen molar-refractivity contribution in [3.05, 3.63) is 161 Å². The van der Waals surface area contributed by atoms with Crippen molar-refractivity contribution in [2.75, 3.05) is 49.5 Å². The van der Waals surface area contributed by atoms with Gasteiger partial charge in [-0.25, -0.2) is 0 Å². The molecule has 0 amide bonds. The predicted octanol–water partition coefficient (Wildman–Crippen LogP) is 15.8. The van der Waals surface area contributed by atoms with Crippen molar-refractivity contribution in [1.29, 1.82) is 0 Å². The van der Waals surface area contributed by atoms with Gasteiger partial charge < -0.3 is 15.5 Å². The Morgan fingerprint density at radius 1 is 0.899 bits per heavy atom. The van der Waals surface area contributed by atoms with E-state index < -0.39 is 0 Å². The van der Waals surface area contributed by atoms with E-state index in [2.05, 4.69) is 197 Å². The topological polar surface area (TPSA) is 30.3 Å². The van der Waals surface area contributed by atoms with Gasteiger partial charge in [-0.1, -0.05) is 95.6 Å². The first kappa shape index (κ1) is 52.5. The maximum Gasteiger partial charge on any atom is 0.209 e. The SMILES string of the molecule is C=C(CCCCc1cccc(C2=C(/C=C/C3=[N+](CCCCSC)c4ccc(S(=C)C)cc4C3(C)C)CCC/C2=C\C=C2\Nc3ccc(S(=C)C)cc3C2(C)C)c1)NCCN1C(=C)CC(C(C)C)C1=C. The van der Waals surface area contributed by atoms with Crippen LogP contribution in [0.4, 0.5) is 11.4 Å². The Kier molecular flexibility index (Phi) is 17.4. The molecule has 0 bridgehead atoms. The van der Waals surface area contributed by atoms with Gasteiger partial charge in [-0.3, -0.25) is 0 Å². The minimum Gasteiger partial charge on any atom is -0.387 e. The Hall–Kier alpha value is -4.30. The Balaban J connectivity index is 1.16. The molecule has 3 aromatic carbocycles. The van der Waals surface area contributed by atoms with Gasteiger partial charge in [0, 0.05) is 86.8 Å². The number of thioether (sulfide) groups is 1. The summed E-state index contributed by atoms with van der Waals surface area (Å²) in [5.74, 6) is 11.1. The highest BCUT2D eigenvalue weighted by atomic mass is 32.2. The molecule has 3 atom stereocenters. The van der Waals surface area contributed by atoms with Gasteiger partial charge in [-0.15, -0.1) is 0 Å². The van der Waals surface area contributed by atoms with Crippen molar-refractivity contribution in [3.63, 3.8) is 0 Å². The van der Waals surface area contributed by atoms with Crippen LogP contribution in [-0.4, -0.2) is 71.1 Å². The number of nitrogens with zero attached hydrogens (tertiary/aromatic N) is 2. The van der Waals surface area contributed by atoms with E-state index in [9.17, 15) is 0 Å². The maximum absolute atomic E-state index is 4.42. The summed E-state index contributed by atoms with van der Waals surface area (Å²) in [5.41, 5.74) is 18.2. The number of nitrogens with one attached hydrogen (secondary N) is 2. The molecule has 7 heteroatoms. The Bertz CT molecular complexity index is 2660. The number of likely N-dealkylation sites (tertiary alicyclic amines) is 1. The second kappa shape index (κ2) is 22.8. The van der Waals surface area contributed by atoms with Crippen LogP contribution in [0.15, 0.2) is 148 Å². The van der Waals surface area contributed by atoms with Crippen LogP contribution in [0.5, 0.6) is 0 Å². The zero-order valence-corrected chi connectivity index (χ0v) is 46.2. The molecule has 3 aliphatic heterocycles. The monoisotopic (exact) mass is 980 g/mol. The molecule has 4 nitrogen and oxygen atoms in total. The van der Waals surface area contributed by atoms with E-state index in [1.807, 2.05) is 11.8 Å². The van der Waals surface area contributed by atoms with Gasteiger partial charge in [0.15, 0.2) is 5.71 Å². The molecule has 0 radical (unpaired) electrons. The Morgan fingerprint density at radius 2 is 1.64 bits per heavy atom. The average molecular weight is 981 g/mol. The van der Waals surface area contributed by atoms with Gasteiger partial charge in [-0.05, 0) is 172 Å². The lowest BCUT2D eigenvalue weighted by molar-refractivity contribution is -0.438. The van der Waals surface area contributed by atoms with Crippen LogP contribution in [0.3, 0.4) is 0 Å². The van der Waals surface area contributed by atoms with Crippen LogP contribution in [0, 0.1) is 11.8 Å². The fourth-order valence-electron chi connectivity index (χ4n) is 11.0. The minimum atomic E-state index is -0.135. The molecular weight excluding hydrogens is 897 g/mol. The highest BCUT2D eigenvalue weighted by Gasteiger charge is 2.44. The van der Waals surface area contributed by atoms with Crippen molar-refractivity contribution in [2.45, 2.75) is 126 Å². The number of anilines is 1. The Morgan fingerprint density at radius 3 is 2.35 bits per heavy atom. The number of aryl methyl sites for hydroxylation is 1. The van der Waals surface area contributed by atoms with E-state index in [0.717, 1.165) is 76.7 Å². The second-order valence-electron chi connectivity index (χ2n) is 21.3. The summed E-state index contributed by atoms with van der Waals surface area (Å²) in [7, 11) is -0.0833. The largest absolute Gasteiger partial charge is 0.387 e. The molecule has 3 aromatic rings. The normalized spacial score (nSPS) is 20.7. The van der Waals surface area contributed by atoms with Gasteiger partial charge in [0.05, 0.1) is 5.41 Å². The molecule has 1 saturated heterocycles. The number of hydrogen-bond donors (Lipinski definition) is 2. The number of fused-ring (bicyclic) bond motifs is 2. The van der Waals surface area contributed by atoms with E-state index >= 15 is 0 Å². The predicted molar refractivity (Wildman–Crippen MR) is 313 cm³/mol. The fourth-order valence-corrected chi connectivity index (χ4v) is 12.7. The van der Waals surface area contributed by atoms with E-state index in [-0.39, 0.29) is 31.8 Å². The average Bonchev–Trinajstić information content (AvgIpc) is 3.84. The van der Waals surface area contributed by atoms with Gasteiger partial charge in [0.1, 0.15) is 6.54 Å². The molecule has 0 aromatic heterocycles. The van der Waals surface area contributed by atoms with Crippen molar-refractivity contribution in [2.24, 2.45) is 11.8 Å². The molecule has 2 N–H and O–H groups in total. The molecule has 3 unspecified atom stereocenters. The number of hydrogen-bond acceptors (Lipinski definition) is 4. The number of allylic oxidation sites excluding steroid dienone is 11. The number of benzene rings is 3. The summed E-state index contributed by atoms with van der Waals surface area (Å²) in [6, 6.07) is 23.5. The quantitative estimate of drug-likeness (QED) is 0.0633. The number of rotatable bonds is 21. The lowest BCUT2D eigenvalue weighted by Crippen LogP contribution is -2.28. The summed E-state index contributed by atoms with van der Waals surface area (Å²) < 4.78 is 2.64. The van der Waals surface area contributed by atoms with E-state index in [0.29, 0.717) is 11.8 Å². The third-order valence-electron chi connectivity index (χ3n) is 15.2. The molecule has 368 valence electrons. The standard InChI is InChI=1S/C62H82N4S3/c1-43(2)53-39-45(4)65(46(53)5)37-35-63-44(3)21-15-16-22-47-23-19-26-50(40-47)60-48(27-33-58-61(6,7)54-41-51(68(11)12)29-31-56(54)64-58)24-20-25-49(60)28-34-59-62(8,9)55-42-52(69(13)14)30-32-57(55)66(59)36-17-18-38-67-10/h19,23,26-34,40-43,53,63H,3-5,11,13,15-18,20-22,24-25,35-39H2,1-2,6-10,12,14H3/p+1. The van der Waals surface area contributed by atoms with Crippen molar-refractivity contribution in [3.8, 4) is 0 Å². The molecule has 0 spiro atoms. The minimum absolute atomic E-state index is 0.0376. The first-order valence-electron chi connectivity index (χ1n) is 25.5. The maximum atomic E-state index is 4.42. The zero-order chi connectivity index (χ0) is 49.6. The molecular formula is C62H83N4S3+. The van der Waals surface area contributed by atoms with E-state index in [1.165, 1.54) is 102 Å². The summed E-state index contributed by atoms with van der Waals surface area (Å²) in [4.78, 5) is 4.97. The lowest BCUT2D eigenvalue weighted by atomic mass is 9.79. The third-order valence-corrected chi connectivity index (χ3v) is 18.0. The molecule has 3 heterocycles. The van der Waals surface area contributed by atoms with Gasteiger partial charge in [-0.2, -0.15) is 37.3 Å². The molecule has 7 rings (SSSR count). The summed E-state index contributed by atoms with van der Waals surface area (Å²) in [6.45, 7) is 30.1. The zero-order valence-electron chi connectivity index (χ0n) is 43.8. The highest BCUT2D eigenvalue weighted by Crippen LogP contribution is 2.47. The van der Waals surface area contributed by atoms with Gasteiger partial charge in [0.2, 0.25) is 5.69 Å². The van der Waals surface area contributed by atoms with Gasteiger partial charge in [0.25, 0.3) is 0 Å². The molecule has 4 aliphatic rings. The van der Waals surface area contributed by atoms with Crippen LogP contribution in [0.2, 0.25) is 0 Å². The van der Waals surface area contributed by atoms with Crippen molar-refractivity contribution in [1.82, 2.24) is 10.2 Å². The third kappa shape index (κ3) is 11.9. The molecule has 1 aliphatic carbocycles. The van der Waals surface area contributed by atoms with Crippen LogP contribution in [0.25, 0.3) is 5.57 Å². The highest BCUT2D eigenvalue weighted by molar-refractivity contribution is 8.13. The first-order chi connectivity index (χ1) is 32.9. The van der Waals surface area contributed by atoms with E-state index in [4.69, 9.17) is 0 Å². The smallest absolute Gasteiger partial charge is 0.209 e. The Labute approximate surface area is 427 Å². The second-order valence-corrected chi connectivity index (χ2v) is 25.8. The first-order valence-corrected chi connectivity index (χ1v) is 30.5. The number of unbranched alkanes of at least 4 members (excludes halogenated alkanes) is 2. The van der Waals surface area contributed by atoms with Gasteiger partial charge >= 0.3 is 0 Å². The van der Waals surface area contributed by atoms with Crippen LogP contribution in [0.1, 0.15) is 122 Å².